The Kier molecular flexibility index (Phi) is 3.09. The van der Waals surface area contributed by atoms with E-state index in [1.807, 2.05) is 6.92 Å². The number of barbiturate groups is 1. The lowest BCUT2D eigenvalue weighted by Gasteiger charge is -2.34. The molecule has 19 heavy (non-hydrogen) atoms. The van der Waals surface area contributed by atoms with Crippen LogP contribution in [0.2, 0.25) is 0 Å². The molecule has 1 fully saturated rings. The van der Waals surface area contributed by atoms with Gasteiger partial charge in [-0.3, -0.25) is 24.8 Å². The molecule has 0 aromatic carbocycles. The van der Waals surface area contributed by atoms with Gasteiger partial charge in [-0.25, -0.2) is 4.79 Å². The first-order valence-electron chi connectivity index (χ1n) is 5.91. The maximum Gasteiger partial charge on any atom is 0.331 e. The molecule has 1 N–H and O–H groups in total. The lowest BCUT2D eigenvalue weighted by atomic mass is 9.88. The van der Waals surface area contributed by atoms with Crippen molar-refractivity contribution in [1.82, 2.24) is 15.2 Å². The van der Waals surface area contributed by atoms with Crippen molar-refractivity contribution in [2.45, 2.75) is 27.3 Å². The van der Waals surface area contributed by atoms with E-state index in [2.05, 4.69) is 10.3 Å². The number of aryl methyl sites for hydroxylation is 1. The maximum absolute atomic E-state index is 12.2. The maximum atomic E-state index is 12.2. The van der Waals surface area contributed by atoms with E-state index in [1.165, 1.54) is 13.8 Å². The number of imide groups is 2. The first-order valence-corrected chi connectivity index (χ1v) is 5.91. The topological polar surface area (TPSA) is 79.4 Å². The highest BCUT2D eigenvalue weighted by Crippen LogP contribution is 2.25. The molecule has 0 spiro atoms. The van der Waals surface area contributed by atoms with Crippen LogP contribution in [0.4, 0.5) is 4.79 Å². The number of carbonyl (C=O) groups excluding carboxylic acids is 3. The fourth-order valence-corrected chi connectivity index (χ4v) is 1.84. The third kappa shape index (κ3) is 2.21. The molecule has 1 aromatic heterocycles. The standard InChI is InChI=1S/C13H15N3O3/c1-8-6-14-5-4-9(8)7-16-11(18)13(2,3)10(17)15-12(16)19/h4-6H,7H2,1-3H3,(H,15,17,19). The van der Waals surface area contributed by atoms with Gasteiger partial charge >= 0.3 is 6.03 Å². The minimum absolute atomic E-state index is 0.135. The third-order valence-corrected chi connectivity index (χ3v) is 3.28. The second-order valence-corrected chi connectivity index (χ2v) is 5.08. The second kappa shape index (κ2) is 4.46. The van der Waals surface area contributed by atoms with E-state index in [9.17, 15) is 14.4 Å². The van der Waals surface area contributed by atoms with E-state index >= 15 is 0 Å². The molecule has 6 nitrogen and oxygen atoms in total. The Bertz CT molecular complexity index is 566. The highest BCUT2D eigenvalue weighted by molar-refractivity contribution is 6.18. The van der Waals surface area contributed by atoms with Gasteiger partial charge in [-0.05, 0) is 38.0 Å². The summed E-state index contributed by atoms with van der Waals surface area (Å²) in [4.78, 5) is 40.6. The van der Waals surface area contributed by atoms with E-state index in [4.69, 9.17) is 0 Å². The van der Waals surface area contributed by atoms with Gasteiger partial charge in [0.1, 0.15) is 5.41 Å². The number of hydrogen-bond donors (Lipinski definition) is 1. The second-order valence-electron chi connectivity index (χ2n) is 5.08. The molecular weight excluding hydrogens is 246 g/mol. The number of aromatic nitrogens is 1. The summed E-state index contributed by atoms with van der Waals surface area (Å²) in [7, 11) is 0. The largest absolute Gasteiger partial charge is 0.331 e. The quantitative estimate of drug-likeness (QED) is 0.805. The van der Waals surface area contributed by atoms with E-state index < -0.39 is 23.3 Å². The summed E-state index contributed by atoms with van der Waals surface area (Å²) in [5.74, 6) is -1.05. The molecule has 2 rings (SSSR count). The Morgan fingerprint density at radius 1 is 1.32 bits per heavy atom. The average molecular weight is 261 g/mol. The average Bonchev–Trinajstić information content (AvgIpc) is 2.35. The first-order chi connectivity index (χ1) is 8.84. The van der Waals surface area contributed by atoms with Gasteiger partial charge in [0.05, 0.1) is 6.54 Å². The zero-order valence-electron chi connectivity index (χ0n) is 11.1. The third-order valence-electron chi connectivity index (χ3n) is 3.28. The summed E-state index contributed by atoms with van der Waals surface area (Å²) in [5.41, 5.74) is 0.482. The Balaban J connectivity index is 2.30. The minimum atomic E-state index is -1.23. The number of rotatable bonds is 2. The molecule has 2 heterocycles. The highest BCUT2D eigenvalue weighted by Gasteiger charge is 2.46. The Morgan fingerprint density at radius 2 is 2.00 bits per heavy atom. The molecule has 0 aliphatic carbocycles. The Morgan fingerprint density at radius 3 is 2.63 bits per heavy atom. The van der Waals surface area contributed by atoms with Gasteiger partial charge in [0.25, 0.3) is 0 Å². The molecule has 6 heteroatoms. The summed E-state index contributed by atoms with van der Waals surface area (Å²) >= 11 is 0. The van der Waals surface area contributed by atoms with Gasteiger partial charge in [-0.2, -0.15) is 0 Å². The van der Waals surface area contributed by atoms with Crippen LogP contribution in [-0.2, 0) is 16.1 Å². The van der Waals surface area contributed by atoms with Gasteiger partial charge in [0.15, 0.2) is 0 Å². The number of pyridine rings is 1. The zero-order valence-corrected chi connectivity index (χ0v) is 11.1. The number of hydrogen-bond acceptors (Lipinski definition) is 4. The van der Waals surface area contributed by atoms with Gasteiger partial charge in [-0.15, -0.1) is 0 Å². The number of urea groups is 1. The van der Waals surface area contributed by atoms with Crippen molar-refractivity contribution < 1.29 is 14.4 Å². The predicted octanol–water partition coefficient (Wildman–Crippen LogP) is 0.995. The molecule has 1 aromatic rings. The number of nitrogens with zero attached hydrogens (tertiary/aromatic N) is 2. The normalized spacial score (nSPS) is 18.5. The molecule has 0 saturated carbocycles. The molecule has 1 aliphatic heterocycles. The molecule has 1 aliphatic rings. The lowest BCUT2D eigenvalue weighted by molar-refractivity contribution is -0.149. The van der Waals surface area contributed by atoms with Crippen molar-refractivity contribution in [3.8, 4) is 0 Å². The fourth-order valence-electron chi connectivity index (χ4n) is 1.84. The molecule has 4 amide bonds. The van der Waals surface area contributed by atoms with Crippen molar-refractivity contribution in [1.29, 1.82) is 0 Å². The van der Waals surface area contributed by atoms with Crippen molar-refractivity contribution in [2.24, 2.45) is 5.41 Å². The summed E-state index contributed by atoms with van der Waals surface area (Å²) in [6, 6.07) is 1.07. The molecule has 0 radical (unpaired) electrons. The van der Waals surface area contributed by atoms with Crippen LogP contribution in [0.5, 0.6) is 0 Å². The van der Waals surface area contributed by atoms with Gasteiger partial charge in [0.2, 0.25) is 11.8 Å². The van der Waals surface area contributed by atoms with Crippen LogP contribution in [0.1, 0.15) is 25.0 Å². The van der Waals surface area contributed by atoms with E-state index in [0.29, 0.717) is 0 Å². The van der Waals surface area contributed by atoms with E-state index in [0.717, 1.165) is 16.0 Å². The smallest absolute Gasteiger partial charge is 0.277 e. The van der Waals surface area contributed by atoms with Gasteiger partial charge in [0, 0.05) is 12.4 Å². The fraction of sp³-hybridized carbons (Fsp3) is 0.385. The molecule has 1 saturated heterocycles. The Labute approximate surface area is 110 Å². The molecule has 0 unspecified atom stereocenters. The monoisotopic (exact) mass is 261 g/mol. The SMILES string of the molecule is Cc1cnccc1CN1C(=O)NC(=O)C(C)(C)C1=O. The van der Waals surface area contributed by atoms with Crippen LogP contribution < -0.4 is 5.32 Å². The molecular formula is C13H15N3O3. The number of carbonyl (C=O) groups is 3. The van der Waals surface area contributed by atoms with Crippen LogP contribution in [0.3, 0.4) is 0 Å². The van der Waals surface area contributed by atoms with Gasteiger partial charge < -0.3 is 0 Å². The van der Waals surface area contributed by atoms with Crippen LogP contribution in [0, 0.1) is 12.3 Å². The summed E-state index contributed by atoms with van der Waals surface area (Å²) < 4.78 is 0. The van der Waals surface area contributed by atoms with Crippen LogP contribution in [0.25, 0.3) is 0 Å². The summed E-state index contributed by atoms with van der Waals surface area (Å²) in [5, 5.41) is 2.20. The van der Waals surface area contributed by atoms with Crippen LogP contribution in [-0.4, -0.2) is 27.7 Å². The van der Waals surface area contributed by atoms with Crippen molar-refractivity contribution in [3.05, 3.63) is 29.6 Å². The predicted molar refractivity (Wildman–Crippen MR) is 66.8 cm³/mol. The zero-order chi connectivity index (χ0) is 14.2. The minimum Gasteiger partial charge on any atom is -0.277 e. The molecule has 100 valence electrons. The van der Waals surface area contributed by atoms with E-state index in [-0.39, 0.29) is 6.54 Å². The number of nitrogens with one attached hydrogen (secondary N) is 1. The molecule has 0 atom stereocenters. The van der Waals surface area contributed by atoms with Crippen molar-refractivity contribution in [3.63, 3.8) is 0 Å². The lowest BCUT2D eigenvalue weighted by Crippen LogP contribution is -2.61. The Hall–Kier alpha value is -2.24. The molecule has 0 bridgehead atoms. The highest BCUT2D eigenvalue weighted by atomic mass is 16.2. The van der Waals surface area contributed by atoms with Crippen LogP contribution in [0.15, 0.2) is 18.5 Å². The van der Waals surface area contributed by atoms with Gasteiger partial charge in [-0.1, -0.05) is 0 Å². The van der Waals surface area contributed by atoms with E-state index in [1.54, 1.807) is 18.5 Å². The number of amides is 4. The first kappa shape index (κ1) is 13.2. The summed E-state index contributed by atoms with van der Waals surface area (Å²) in [6.07, 6.45) is 3.27. The summed E-state index contributed by atoms with van der Waals surface area (Å²) in [6.45, 7) is 4.99. The van der Waals surface area contributed by atoms with Crippen LogP contribution >= 0.6 is 0 Å². The van der Waals surface area contributed by atoms with Crippen molar-refractivity contribution >= 4 is 17.8 Å². The van der Waals surface area contributed by atoms with Crippen molar-refractivity contribution in [2.75, 3.05) is 0 Å².